The molecule has 1 atom stereocenters. The predicted molar refractivity (Wildman–Crippen MR) is 52.8 cm³/mol. The molecule has 1 saturated heterocycles. The van der Waals surface area contributed by atoms with Gasteiger partial charge in [0.2, 0.25) is 0 Å². The summed E-state index contributed by atoms with van der Waals surface area (Å²) >= 11 is 0. The maximum atomic E-state index is 9.27. The number of hydrogen-bond donors (Lipinski definition) is 2. The first-order valence-electron chi connectivity index (χ1n) is 4.83. The molecule has 0 aromatic heterocycles. The van der Waals surface area contributed by atoms with Crippen molar-refractivity contribution in [2.24, 2.45) is 5.92 Å². The van der Waals surface area contributed by atoms with Gasteiger partial charge in [-0.1, -0.05) is 12.1 Å². The number of nitrogens with one attached hydrogen (secondary N) is 1. The third-order valence-corrected chi connectivity index (χ3v) is 2.60. The lowest BCUT2D eigenvalue weighted by Crippen LogP contribution is -2.10. The second kappa shape index (κ2) is 3.79. The van der Waals surface area contributed by atoms with E-state index in [1.165, 1.54) is 12.0 Å². The number of rotatable bonds is 2. The smallest absolute Gasteiger partial charge is 0.115 e. The minimum absolute atomic E-state index is 0.378. The fraction of sp³-hybridized carbons (Fsp3) is 0.455. The van der Waals surface area contributed by atoms with Gasteiger partial charge in [0, 0.05) is 0 Å². The van der Waals surface area contributed by atoms with Crippen LogP contribution in [0.15, 0.2) is 24.3 Å². The van der Waals surface area contributed by atoms with Crippen molar-refractivity contribution in [3.63, 3.8) is 0 Å². The van der Waals surface area contributed by atoms with E-state index in [2.05, 4.69) is 11.4 Å². The van der Waals surface area contributed by atoms with Crippen molar-refractivity contribution in [1.29, 1.82) is 0 Å². The quantitative estimate of drug-likeness (QED) is 0.718. The maximum Gasteiger partial charge on any atom is 0.115 e. The maximum absolute atomic E-state index is 9.27. The van der Waals surface area contributed by atoms with Gasteiger partial charge in [-0.05, 0) is 49.5 Å². The number of hydrogen-bond acceptors (Lipinski definition) is 2. The van der Waals surface area contributed by atoms with E-state index in [0.717, 1.165) is 25.4 Å². The van der Waals surface area contributed by atoms with Crippen LogP contribution in [0.3, 0.4) is 0 Å². The van der Waals surface area contributed by atoms with Crippen LogP contribution in [-0.4, -0.2) is 18.2 Å². The highest BCUT2D eigenvalue weighted by Crippen LogP contribution is 2.18. The zero-order valence-electron chi connectivity index (χ0n) is 7.66. The van der Waals surface area contributed by atoms with Crippen molar-refractivity contribution in [3.8, 4) is 5.75 Å². The van der Waals surface area contributed by atoms with E-state index >= 15 is 0 Å². The molecule has 1 aromatic carbocycles. The van der Waals surface area contributed by atoms with Gasteiger partial charge in [0.05, 0.1) is 0 Å². The van der Waals surface area contributed by atoms with Gasteiger partial charge < -0.3 is 10.4 Å². The van der Waals surface area contributed by atoms with Gasteiger partial charge in [-0.2, -0.15) is 0 Å². The predicted octanol–water partition coefficient (Wildman–Crippen LogP) is 1.54. The van der Waals surface area contributed by atoms with E-state index in [4.69, 9.17) is 0 Å². The molecule has 1 aliphatic rings. The average molecular weight is 177 g/mol. The number of phenols is 1. The molecule has 1 heterocycles. The summed E-state index contributed by atoms with van der Waals surface area (Å²) in [6, 6.07) is 7.57. The molecule has 2 N–H and O–H groups in total. The number of phenolic OH excluding ortho intramolecular Hbond substituents is 1. The Bertz CT molecular complexity index is 279. The second-order valence-electron chi connectivity index (χ2n) is 3.73. The van der Waals surface area contributed by atoms with Gasteiger partial charge in [0.1, 0.15) is 5.75 Å². The lowest BCUT2D eigenvalue weighted by molar-refractivity contribution is 0.473. The van der Waals surface area contributed by atoms with Crippen LogP contribution in [-0.2, 0) is 6.42 Å². The molecule has 2 heteroatoms. The molecule has 0 bridgehead atoms. The van der Waals surface area contributed by atoms with Gasteiger partial charge in [-0.15, -0.1) is 0 Å². The summed E-state index contributed by atoms with van der Waals surface area (Å²) in [7, 11) is 0. The highest BCUT2D eigenvalue weighted by Gasteiger charge is 2.14. The van der Waals surface area contributed by atoms with E-state index in [1.54, 1.807) is 6.07 Å². The third-order valence-electron chi connectivity index (χ3n) is 2.60. The van der Waals surface area contributed by atoms with Crippen LogP contribution in [0.25, 0.3) is 0 Å². The molecule has 1 unspecified atom stereocenters. The summed E-state index contributed by atoms with van der Waals surface area (Å²) in [5.74, 6) is 1.13. The van der Waals surface area contributed by atoms with Crippen LogP contribution in [0.2, 0.25) is 0 Å². The first kappa shape index (κ1) is 8.57. The molecule has 70 valence electrons. The molecule has 0 aliphatic carbocycles. The fourth-order valence-electron chi connectivity index (χ4n) is 1.91. The van der Waals surface area contributed by atoms with Crippen molar-refractivity contribution in [1.82, 2.24) is 5.32 Å². The van der Waals surface area contributed by atoms with Crippen molar-refractivity contribution >= 4 is 0 Å². The molecule has 0 spiro atoms. The molecule has 1 aromatic rings. The highest BCUT2D eigenvalue weighted by atomic mass is 16.3. The van der Waals surface area contributed by atoms with Crippen LogP contribution < -0.4 is 5.32 Å². The largest absolute Gasteiger partial charge is 0.508 e. The minimum atomic E-state index is 0.378. The Morgan fingerprint density at radius 3 is 3.08 bits per heavy atom. The van der Waals surface area contributed by atoms with Crippen molar-refractivity contribution in [2.45, 2.75) is 12.8 Å². The molecular weight excluding hydrogens is 162 g/mol. The molecule has 1 fully saturated rings. The van der Waals surface area contributed by atoms with Crippen LogP contribution in [0, 0.1) is 5.92 Å². The van der Waals surface area contributed by atoms with E-state index < -0.39 is 0 Å². The lowest BCUT2D eigenvalue weighted by atomic mass is 9.99. The fourth-order valence-corrected chi connectivity index (χ4v) is 1.91. The van der Waals surface area contributed by atoms with Gasteiger partial charge >= 0.3 is 0 Å². The Morgan fingerprint density at radius 1 is 1.46 bits per heavy atom. The zero-order valence-corrected chi connectivity index (χ0v) is 7.66. The number of benzene rings is 1. The number of aromatic hydroxyl groups is 1. The molecule has 0 amide bonds. The van der Waals surface area contributed by atoms with Crippen molar-refractivity contribution in [2.75, 3.05) is 13.1 Å². The van der Waals surface area contributed by atoms with E-state index in [0.29, 0.717) is 5.75 Å². The van der Waals surface area contributed by atoms with Crippen LogP contribution in [0.5, 0.6) is 5.75 Å². The summed E-state index contributed by atoms with van der Waals surface area (Å²) in [6.07, 6.45) is 2.34. The van der Waals surface area contributed by atoms with Crippen molar-refractivity contribution < 1.29 is 5.11 Å². The molecule has 2 nitrogen and oxygen atoms in total. The first-order chi connectivity index (χ1) is 6.34. The van der Waals surface area contributed by atoms with Gasteiger partial charge in [0.15, 0.2) is 0 Å². The Balaban J connectivity index is 2.00. The Labute approximate surface area is 78.6 Å². The topological polar surface area (TPSA) is 32.3 Å². The second-order valence-corrected chi connectivity index (χ2v) is 3.73. The summed E-state index contributed by atoms with van der Waals surface area (Å²) in [4.78, 5) is 0. The lowest BCUT2D eigenvalue weighted by Gasteiger charge is -2.07. The summed E-state index contributed by atoms with van der Waals surface area (Å²) in [5, 5.41) is 12.6. The third kappa shape index (κ3) is 2.22. The van der Waals surface area contributed by atoms with Gasteiger partial charge in [-0.25, -0.2) is 0 Å². The van der Waals surface area contributed by atoms with E-state index in [1.807, 2.05) is 12.1 Å². The molecular formula is C11H15NO. The monoisotopic (exact) mass is 177 g/mol. The Hall–Kier alpha value is -1.02. The van der Waals surface area contributed by atoms with Crippen molar-refractivity contribution in [3.05, 3.63) is 29.8 Å². The van der Waals surface area contributed by atoms with Crippen LogP contribution in [0.1, 0.15) is 12.0 Å². The van der Waals surface area contributed by atoms with Gasteiger partial charge in [0.25, 0.3) is 0 Å². The summed E-state index contributed by atoms with van der Waals surface area (Å²) in [6.45, 7) is 2.26. The Kier molecular flexibility index (Phi) is 2.50. The van der Waals surface area contributed by atoms with Gasteiger partial charge in [-0.3, -0.25) is 0 Å². The minimum Gasteiger partial charge on any atom is -0.508 e. The summed E-state index contributed by atoms with van der Waals surface area (Å²) in [5.41, 5.74) is 1.24. The molecule has 0 radical (unpaired) electrons. The average Bonchev–Trinajstić information content (AvgIpc) is 2.57. The van der Waals surface area contributed by atoms with Crippen LogP contribution >= 0.6 is 0 Å². The summed E-state index contributed by atoms with van der Waals surface area (Å²) < 4.78 is 0. The molecule has 0 saturated carbocycles. The van der Waals surface area contributed by atoms with E-state index in [-0.39, 0.29) is 0 Å². The molecule has 1 aliphatic heterocycles. The SMILES string of the molecule is Oc1cccc(CC2CCNC2)c1. The molecule has 2 rings (SSSR count). The Morgan fingerprint density at radius 2 is 2.38 bits per heavy atom. The zero-order chi connectivity index (χ0) is 9.10. The van der Waals surface area contributed by atoms with Crippen LogP contribution in [0.4, 0.5) is 0 Å². The highest BCUT2D eigenvalue weighted by molar-refractivity contribution is 5.27. The molecule has 13 heavy (non-hydrogen) atoms. The standard InChI is InChI=1S/C11H15NO/c13-11-3-1-2-9(7-11)6-10-4-5-12-8-10/h1-3,7,10,12-13H,4-6,8H2. The van der Waals surface area contributed by atoms with E-state index in [9.17, 15) is 5.11 Å². The normalized spacial score (nSPS) is 22.0. The first-order valence-corrected chi connectivity index (χ1v) is 4.83.